The van der Waals surface area contributed by atoms with Crippen LogP contribution in [0.3, 0.4) is 0 Å². The standard InChI is InChI=1S/C30H33NO7S/c1-28-14-22(33)24-20(8-5-17-12-18(32)9-10-29(17,24)2)21(28)13-30(37,15-28)26(35)38-19-6-3-16(4-7-19)11-23-25(34)31-27(36)39-23/h3-4,6-7,9-10,12,20-24,33,37H,5,8,11,13-15H2,1-2H3,(H,31,34,36)/t20?,21?,22-,23?,24?,28+,29-,30+/m0/s1. The Morgan fingerprint density at radius 1 is 1.15 bits per heavy atom. The van der Waals surface area contributed by atoms with Gasteiger partial charge in [-0.15, -0.1) is 0 Å². The zero-order chi connectivity index (χ0) is 27.7. The van der Waals surface area contributed by atoms with Gasteiger partial charge in [0.05, 0.1) is 11.4 Å². The van der Waals surface area contributed by atoms with Crippen LogP contribution in [0.15, 0.2) is 48.1 Å². The van der Waals surface area contributed by atoms with Crippen LogP contribution in [0.4, 0.5) is 4.79 Å². The highest BCUT2D eigenvalue weighted by Gasteiger charge is 2.65. The molecule has 9 heteroatoms. The molecule has 6 rings (SSSR count). The quantitative estimate of drug-likeness (QED) is 0.383. The molecule has 1 aromatic carbocycles. The van der Waals surface area contributed by atoms with Crippen molar-refractivity contribution < 1.29 is 34.1 Å². The number of benzene rings is 1. The van der Waals surface area contributed by atoms with E-state index in [4.69, 9.17) is 4.74 Å². The van der Waals surface area contributed by atoms with Crippen LogP contribution in [0.5, 0.6) is 5.75 Å². The molecule has 0 aromatic heterocycles. The molecule has 39 heavy (non-hydrogen) atoms. The van der Waals surface area contributed by atoms with Gasteiger partial charge in [0.2, 0.25) is 5.91 Å². The van der Waals surface area contributed by atoms with Crippen molar-refractivity contribution >= 4 is 34.7 Å². The second-order valence-electron chi connectivity index (χ2n) is 12.5. The Morgan fingerprint density at radius 2 is 1.90 bits per heavy atom. The molecule has 4 fully saturated rings. The molecule has 1 saturated heterocycles. The van der Waals surface area contributed by atoms with Gasteiger partial charge in [-0.3, -0.25) is 19.7 Å². The lowest BCUT2D eigenvalue weighted by Gasteiger charge is -2.57. The second kappa shape index (κ2) is 9.14. The van der Waals surface area contributed by atoms with E-state index < -0.39 is 33.8 Å². The van der Waals surface area contributed by atoms with Crippen molar-refractivity contribution in [2.75, 3.05) is 0 Å². The monoisotopic (exact) mass is 551 g/mol. The number of nitrogens with one attached hydrogen (secondary N) is 1. The number of hydrogen-bond acceptors (Lipinski definition) is 8. The molecule has 1 aliphatic heterocycles. The van der Waals surface area contributed by atoms with Crippen LogP contribution in [0.2, 0.25) is 0 Å². The first kappa shape index (κ1) is 26.5. The number of aliphatic hydroxyl groups is 2. The average molecular weight is 552 g/mol. The normalized spacial score (nSPS) is 40.9. The number of imide groups is 1. The van der Waals surface area contributed by atoms with E-state index in [1.807, 2.05) is 6.08 Å². The van der Waals surface area contributed by atoms with Gasteiger partial charge in [-0.1, -0.05) is 49.4 Å². The average Bonchev–Trinajstić information content (AvgIpc) is 3.34. The summed E-state index contributed by atoms with van der Waals surface area (Å²) >= 11 is 0.965. The van der Waals surface area contributed by atoms with E-state index in [1.54, 1.807) is 36.4 Å². The van der Waals surface area contributed by atoms with E-state index in [9.17, 15) is 29.4 Å². The number of amides is 2. The summed E-state index contributed by atoms with van der Waals surface area (Å²) < 4.78 is 5.65. The van der Waals surface area contributed by atoms with Crippen LogP contribution in [0.1, 0.15) is 51.5 Å². The first-order valence-electron chi connectivity index (χ1n) is 13.6. The first-order valence-corrected chi connectivity index (χ1v) is 14.5. The Bertz CT molecular complexity index is 1320. The van der Waals surface area contributed by atoms with Crippen molar-refractivity contribution in [3.63, 3.8) is 0 Å². The van der Waals surface area contributed by atoms with E-state index in [2.05, 4.69) is 19.2 Å². The fraction of sp³-hybridized carbons (Fsp3) is 0.533. The highest BCUT2D eigenvalue weighted by molar-refractivity contribution is 8.15. The van der Waals surface area contributed by atoms with Crippen molar-refractivity contribution in [1.29, 1.82) is 0 Å². The molecule has 5 aliphatic rings. The number of fused-ring (bicyclic) bond motifs is 5. The number of aliphatic hydroxyl groups excluding tert-OH is 1. The summed E-state index contributed by atoms with van der Waals surface area (Å²) in [5.41, 5.74) is -0.602. The van der Waals surface area contributed by atoms with E-state index in [1.165, 1.54) is 0 Å². The van der Waals surface area contributed by atoms with Gasteiger partial charge in [0.15, 0.2) is 11.4 Å². The highest BCUT2D eigenvalue weighted by atomic mass is 32.2. The third-order valence-electron chi connectivity index (χ3n) is 9.96. The van der Waals surface area contributed by atoms with Gasteiger partial charge in [0.25, 0.3) is 5.24 Å². The molecule has 1 heterocycles. The minimum Gasteiger partial charge on any atom is -0.424 e. The van der Waals surface area contributed by atoms with Gasteiger partial charge in [-0.25, -0.2) is 4.79 Å². The molecule has 206 valence electrons. The number of hydrogen-bond donors (Lipinski definition) is 3. The van der Waals surface area contributed by atoms with Gasteiger partial charge in [-0.05, 0) is 85.6 Å². The molecule has 3 saturated carbocycles. The van der Waals surface area contributed by atoms with Crippen molar-refractivity contribution in [2.45, 2.75) is 69.3 Å². The molecule has 0 spiro atoms. The van der Waals surface area contributed by atoms with Crippen LogP contribution >= 0.6 is 11.8 Å². The zero-order valence-corrected chi connectivity index (χ0v) is 22.8. The van der Waals surface area contributed by atoms with E-state index in [-0.39, 0.29) is 47.5 Å². The van der Waals surface area contributed by atoms with Gasteiger partial charge in [0.1, 0.15) is 5.75 Å². The molecule has 8 nitrogen and oxygen atoms in total. The lowest BCUT2D eigenvalue weighted by molar-refractivity contribution is -0.155. The van der Waals surface area contributed by atoms with Gasteiger partial charge < -0.3 is 14.9 Å². The summed E-state index contributed by atoms with van der Waals surface area (Å²) in [7, 11) is 0. The minimum absolute atomic E-state index is 0.0138. The van der Waals surface area contributed by atoms with Crippen LogP contribution in [0.25, 0.3) is 0 Å². The van der Waals surface area contributed by atoms with Gasteiger partial charge in [-0.2, -0.15) is 0 Å². The lowest BCUT2D eigenvalue weighted by Crippen LogP contribution is -2.54. The Hall–Kier alpha value is -2.75. The van der Waals surface area contributed by atoms with Crippen molar-refractivity contribution in [2.24, 2.45) is 28.6 Å². The molecular formula is C30H33NO7S. The molecule has 0 bridgehead atoms. The number of thioether (sulfide) groups is 1. The number of esters is 1. The Labute approximate surface area is 231 Å². The van der Waals surface area contributed by atoms with Crippen LogP contribution in [-0.4, -0.2) is 50.1 Å². The number of ether oxygens (including phenoxy) is 1. The summed E-state index contributed by atoms with van der Waals surface area (Å²) in [6.45, 7) is 4.16. The van der Waals surface area contributed by atoms with E-state index in [0.717, 1.165) is 35.7 Å². The van der Waals surface area contributed by atoms with Crippen LogP contribution < -0.4 is 10.1 Å². The third-order valence-corrected chi connectivity index (χ3v) is 10.9. The number of carbonyl (C=O) groups excluding carboxylic acids is 4. The fourth-order valence-corrected chi connectivity index (χ4v) is 9.12. The number of carbonyl (C=O) groups is 4. The maximum atomic E-state index is 13.3. The van der Waals surface area contributed by atoms with Crippen molar-refractivity contribution in [1.82, 2.24) is 5.32 Å². The molecule has 3 N–H and O–H groups in total. The topological polar surface area (TPSA) is 130 Å². The predicted molar refractivity (Wildman–Crippen MR) is 144 cm³/mol. The Morgan fingerprint density at radius 3 is 2.59 bits per heavy atom. The van der Waals surface area contributed by atoms with Crippen molar-refractivity contribution in [3.8, 4) is 5.75 Å². The molecule has 4 aliphatic carbocycles. The van der Waals surface area contributed by atoms with Crippen LogP contribution in [-0.2, 0) is 20.8 Å². The molecule has 4 unspecified atom stereocenters. The van der Waals surface area contributed by atoms with Gasteiger partial charge in [0, 0.05) is 11.3 Å². The zero-order valence-electron chi connectivity index (χ0n) is 22.0. The third kappa shape index (κ3) is 4.39. The van der Waals surface area contributed by atoms with E-state index >= 15 is 0 Å². The summed E-state index contributed by atoms with van der Waals surface area (Å²) in [5.74, 6) is -0.657. The largest absolute Gasteiger partial charge is 0.424 e. The predicted octanol–water partition coefficient (Wildman–Crippen LogP) is 3.50. The molecule has 8 atom stereocenters. The summed E-state index contributed by atoms with van der Waals surface area (Å²) in [6, 6.07) is 6.75. The summed E-state index contributed by atoms with van der Waals surface area (Å²) in [4.78, 5) is 48.6. The Kier molecular flexibility index (Phi) is 6.21. The second-order valence-corrected chi connectivity index (χ2v) is 13.7. The summed E-state index contributed by atoms with van der Waals surface area (Å²) in [5, 5.41) is 24.5. The number of allylic oxidation sites excluding steroid dienone is 4. The molecule has 0 radical (unpaired) electrons. The van der Waals surface area contributed by atoms with E-state index in [0.29, 0.717) is 18.6 Å². The molecule has 1 aromatic rings. The van der Waals surface area contributed by atoms with Crippen LogP contribution in [0, 0.1) is 28.6 Å². The smallest absolute Gasteiger partial charge is 0.343 e. The number of rotatable bonds is 4. The maximum Gasteiger partial charge on any atom is 0.343 e. The minimum atomic E-state index is -1.67. The van der Waals surface area contributed by atoms with Crippen molar-refractivity contribution in [3.05, 3.63) is 53.6 Å². The summed E-state index contributed by atoms with van der Waals surface area (Å²) in [6.07, 6.45) is 7.56. The molecule has 2 amide bonds. The molecular weight excluding hydrogens is 518 g/mol. The fourth-order valence-electron chi connectivity index (χ4n) is 8.26. The highest BCUT2D eigenvalue weighted by Crippen LogP contribution is 2.66. The number of ketones is 1. The lowest BCUT2D eigenvalue weighted by atomic mass is 9.47. The first-order chi connectivity index (χ1) is 18.4. The maximum absolute atomic E-state index is 13.3. The Balaban J connectivity index is 1.17. The SMILES string of the molecule is C[C@]12C[C@H](O)C3C(CCC4=CC(=O)C=C[C@@]43C)C1C[C@](O)(C(=O)Oc1ccc(CC3SC(=O)NC3=O)cc1)C2. The van der Waals surface area contributed by atoms with Gasteiger partial charge >= 0.3 is 5.97 Å².